The van der Waals surface area contributed by atoms with Gasteiger partial charge in [0, 0.05) is 19.6 Å². The highest BCUT2D eigenvalue weighted by Crippen LogP contribution is 2.13. The van der Waals surface area contributed by atoms with Crippen LogP contribution in [0.3, 0.4) is 0 Å². The van der Waals surface area contributed by atoms with E-state index in [0.717, 1.165) is 5.56 Å². The second kappa shape index (κ2) is 12.1. The summed E-state index contributed by atoms with van der Waals surface area (Å²) in [5.74, 6) is 0.670. The van der Waals surface area contributed by atoms with Gasteiger partial charge in [0.05, 0.1) is 12.3 Å². The minimum Gasteiger partial charge on any atom is -0.489 e. The lowest BCUT2D eigenvalue weighted by atomic mass is 10.2. The van der Waals surface area contributed by atoms with Crippen molar-refractivity contribution in [1.29, 1.82) is 0 Å². The Morgan fingerprint density at radius 3 is 2.47 bits per heavy atom. The first-order chi connectivity index (χ1) is 14.4. The summed E-state index contributed by atoms with van der Waals surface area (Å²) < 4.78 is 45.6. The molecule has 2 aromatic rings. The van der Waals surface area contributed by atoms with Gasteiger partial charge in [0.25, 0.3) is 0 Å². The minimum absolute atomic E-state index is 0.0775. The molecule has 0 heterocycles. The molecule has 0 bridgehead atoms. The molecule has 7 nitrogen and oxygen atoms in total. The van der Waals surface area contributed by atoms with Crippen LogP contribution in [0.1, 0.15) is 19.4 Å². The number of aliphatic imine (C=N–C) groups is 1. The maximum absolute atomic E-state index is 13.0. The molecule has 0 spiro atoms. The summed E-state index contributed by atoms with van der Waals surface area (Å²) in [6.45, 7) is 5.24. The van der Waals surface area contributed by atoms with Crippen molar-refractivity contribution >= 4 is 16.0 Å². The van der Waals surface area contributed by atoms with E-state index in [1.165, 1.54) is 12.1 Å². The van der Waals surface area contributed by atoms with Crippen molar-refractivity contribution in [2.45, 2.75) is 26.5 Å². The first-order valence-corrected chi connectivity index (χ1v) is 11.5. The number of hydrogen-bond donors (Lipinski definition) is 3. The molecule has 0 saturated heterocycles. The number of nitrogens with zero attached hydrogens (tertiary/aromatic N) is 1. The molecule has 0 aliphatic carbocycles. The molecule has 164 valence electrons. The number of guanidine groups is 1. The van der Waals surface area contributed by atoms with Crippen molar-refractivity contribution < 1.29 is 17.5 Å². The van der Waals surface area contributed by atoms with E-state index in [4.69, 9.17) is 4.74 Å². The molecular formula is C21H29FN4O3S. The maximum atomic E-state index is 13.0. The summed E-state index contributed by atoms with van der Waals surface area (Å²) in [6, 6.07) is 15.1. The lowest BCUT2D eigenvalue weighted by Crippen LogP contribution is -2.41. The first kappa shape index (κ1) is 23.6. The van der Waals surface area contributed by atoms with Crippen LogP contribution in [-0.2, 0) is 16.6 Å². The predicted molar refractivity (Wildman–Crippen MR) is 118 cm³/mol. The highest BCUT2D eigenvalue weighted by atomic mass is 32.2. The third-order valence-corrected chi connectivity index (χ3v) is 5.33. The van der Waals surface area contributed by atoms with Gasteiger partial charge >= 0.3 is 0 Å². The zero-order chi connectivity index (χ0) is 21.8. The SMILES string of the molecule is CCNC(=NCC(C)Oc1ccc(F)cc1)NCCS(=O)(=O)NCc1ccccc1. The molecule has 0 amide bonds. The Bertz CT molecular complexity index is 890. The normalized spacial score (nSPS) is 13.0. The fourth-order valence-electron chi connectivity index (χ4n) is 2.51. The Kier molecular flexibility index (Phi) is 9.56. The molecule has 9 heteroatoms. The van der Waals surface area contributed by atoms with E-state index in [9.17, 15) is 12.8 Å². The van der Waals surface area contributed by atoms with Gasteiger partial charge in [-0.1, -0.05) is 30.3 Å². The number of benzene rings is 2. The smallest absolute Gasteiger partial charge is 0.213 e. The van der Waals surface area contributed by atoms with E-state index < -0.39 is 10.0 Å². The van der Waals surface area contributed by atoms with E-state index in [2.05, 4.69) is 20.3 Å². The Hall–Kier alpha value is -2.65. The van der Waals surface area contributed by atoms with Crippen LogP contribution >= 0.6 is 0 Å². The van der Waals surface area contributed by atoms with E-state index in [1.54, 1.807) is 12.1 Å². The van der Waals surface area contributed by atoms with Gasteiger partial charge in [0.15, 0.2) is 5.96 Å². The Balaban J connectivity index is 1.78. The number of ether oxygens (including phenoxy) is 1. The van der Waals surface area contributed by atoms with E-state index in [-0.39, 0.29) is 30.8 Å². The summed E-state index contributed by atoms with van der Waals surface area (Å²) >= 11 is 0. The number of hydrogen-bond acceptors (Lipinski definition) is 4. The molecule has 2 rings (SSSR count). The van der Waals surface area contributed by atoms with Gasteiger partial charge in [-0.3, -0.25) is 0 Å². The van der Waals surface area contributed by atoms with Crippen molar-refractivity contribution in [3.05, 3.63) is 66.0 Å². The zero-order valence-corrected chi connectivity index (χ0v) is 18.1. The van der Waals surface area contributed by atoms with Gasteiger partial charge in [-0.15, -0.1) is 0 Å². The second-order valence-corrected chi connectivity index (χ2v) is 8.58. The van der Waals surface area contributed by atoms with Crippen LogP contribution in [0.15, 0.2) is 59.6 Å². The Labute approximate surface area is 177 Å². The van der Waals surface area contributed by atoms with Gasteiger partial charge in [0.1, 0.15) is 17.7 Å². The molecule has 1 atom stereocenters. The predicted octanol–water partition coefficient (Wildman–Crippen LogP) is 2.27. The van der Waals surface area contributed by atoms with E-state index in [1.807, 2.05) is 44.2 Å². The zero-order valence-electron chi connectivity index (χ0n) is 17.3. The molecule has 0 fully saturated rings. The van der Waals surface area contributed by atoms with Crippen molar-refractivity contribution in [3.63, 3.8) is 0 Å². The topological polar surface area (TPSA) is 91.8 Å². The molecule has 0 saturated carbocycles. The highest BCUT2D eigenvalue weighted by molar-refractivity contribution is 7.89. The monoisotopic (exact) mass is 436 g/mol. The summed E-state index contributed by atoms with van der Waals surface area (Å²) in [5.41, 5.74) is 0.902. The molecule has 3 N–H and O–H groups in total. The molecule has 0 aromatic heterocycles. The van der Waals surface area contributed by atoms with Gasteiger partial charge in [0.2, 0.25) is 10.0 Å². The van der Waals surface area contributed by atoms with Crippen molar-refractivity contribution in [3.8, 4) is 5.75 Å². The third-order valence-electron chi connectivity index (χ3n) is 4.00. The van der Waals surface area contributed by atoms with Crippen molar-refractivity contribution in [2.24, 2.45) is 4.99 Å². The molecule has 30 heavy (non-hydrogen) atoms. The van der Waals surface area contributed by atoms with E-state index in [0.29, 0.717) is 24.8 Å². The van der Waals surface area contributed by atoms with Gasteiger partial charge < -0.3 is 15.4 Å². The van der Waals surface area contributed by atoms with Crippen LogP contribution < -0.4 is 20.1 Å². The Morgan fingerprint density at radius 1 is 1.10 bits per heavy atom. The fraction of sp³-hybridized carbons (Fsp3) is 0.381. The number of rotatable bonds is 11. The summed E-state index contributed by atoms with van der Waals surface area (Å²) in [4.78, 5) is 4.42. The van der Waals surface area contributed by atoms with Crippen LogP contribution in [-0.4, -0.2) is 45.9 Å². The third kappa shape index (κ3) is 9.23. The van der Waals surface area contributed by atoms with Crippen molar-refractivity contribution in [1.82, 2.24) is 15.4 Å². The molecule has 0 aliphatic heterocycles. The number of sulfonamides is 1. The largest absolute Gasteiger partial charge is 0.489 e. The lowest BCUT2D eigenvalue weighted by Gasteiger charge is -2.15. The number of nitrogens with one attached hydrogen (secondary N) is 3. The van der Waals surface area contributed by atoms with Crippen LogP contribution in [0.4, 0.5) is 4.39 Å². The average molecular weight is 437 g/mol. The number of halogens is 1. The van der Waals surface area contributed by atoms with Gasteiger partial charge in [-0.25, -0.2) is 22.5 Å². The molecule has 2 aromatic carbocycles. The standard InChI is InChI=1S/C21H29FN4O3S/c1-3-23-21(25-15-17(2)29-20-11-9-19(22)10-12-20)24-13-14-30(27,28)26-16-18-7-5-4-6-8-18/h4-12,17,26H,3,13-16H2,1-2H3,(H2,23,24,25). The van der Waals surface area contributed by atoms with Crippen LogP contribution in [0.5, 0.6) is 5.75 Å². The van der Waals surface area contributed by atoms with E-state index >= 15 is 0 Å². The summed E-state index contributed by atoms with van der Waals surface area (Å²) in [7, 11) is -3.42. The molecule has 1 unspecified atom stereocenters. The average Bonchev–Trinajstić information content (AvgIpc) is 2.73. The maximum Gasteiger partial charge on any atom is 0.213 e. The lowest BCUT2D eigenvalue weighted by molar-refractivity contribution is 0.230. The van der Waals surface area contributed by atoms with Crippen LogP contribution in [0.2, 0.25) is 0 Å². The van der Waals surface area contributed by atoms with Crippen LogP contribution in [0.25, 0.3) is 0 Å². The quantitative estimate of drug-likeness (QED) is 0.371. The van der Waals surface area contributed by atoms with Gasteiger partial charge in [-0.2, -0.15) is 0 Å². The molecule has 0 aliphatic rings. The summed E-state index contributed by atoms with van der Waals surface area (Å²) in [5, 5.41) is 6.09. The second-order valence-electron chi connectivity index (χ2n) is 6.65. The first-order valence-electron chi connectivity index (χ1n) is 9.83. The highest BCUT2D eigenvalue weighted by Gasteiger charge is 2.11. The fourth-order valence-corrected chi connectivity index (χ4v) is 3.41. The molecular weight excluding hydrogens is 407 g/mol. The van der Waals surface area contributed by atoms with Gasteiger partial charge in [-0.05, 0) is 43.7 Å². The molecule has 0 radical (unpaired) electrons. The Morgan fingerprint density at radius 2 is 1.80 bits per heavy atom. The van der Waals surface area contributed by atoms with Crippen LogP contribution in [0, 0.1) is 5.82 Å². The summed E-state index contributed by atoms with van der Waals surface area (Å²) in [6.07, 6.45) is -0.234. The van der Waals surface area contributed by atoms with Crippen molar-refractivity contribution in [2.75, 3.05) is 25.4 Å². The minimum atomic E-state index is -3.42.